The van der Waals surface area contributed by atoms with E-state index >= 15 is 0 Å². The van der Waals surface area contributed by atoms with Crippen molar-refractivity contribution in [2.45, 2.75) is 6.42 Å². The number of aliphatic hydroxyl groups excluding tert-OH is 1. The van der Waals surface area contributed by atoms with Gasteiger partial charge in [-0.15, -0.1) is 0 Å². The maximum absolute atomic E-state index is 11.4. The molecule has 2 N–H and O–H groups in total. The molecule has 0 aliphatic carbocycles. The molecule has 4 nitrogen and oxygen atoms in total. The third-order valence-electron chi connectivity index (χ3n) is 2.42. The predicted octanol–water partition coefficient (Wildman–Crippen LogP) is 0.519. The van der Waals surface area contributed by atoms with Gasteiger partial charge in [-0.3, -0.25) is 4.79 Å². The average molecular weight is 204 g/mol. The van der Waals surface area contributed by atoms with Crippen LogP contribution in [-0.2, 0) is 4.79 Å². The van der Waals surface area contributed by atoms with Crippen LogP contribution in [0.3, 0.4) is 0 Å². The van der Waals surface area contributed by atoms with Crippen LogP contribution in [0, 0.1) is 5.92 Å². The maximum atomic E-state index is 11.4. The Hall–Kier alpha value is -1.68. The largest absolute Gasteiger partial charge is 0.396 e. The highest BCUT2D eigenvalue weighted by molar-refractivity contribution is 6.16. The van der Waals surface area contributed by atoms with Gasteiger partial charge < -0.3 is 5.11 Å². The molecule has 78 valence electrons. The highest BCUT2D eigenvalue weighted by Gasteiger charge is 2.29. The number of aliphatic hydroxyl groups is 1. The van der Waals surface area contributed by atoms with Gasteiger partial charge in [0.05, 0.1) is 11.6 Å². The minimum absolute atomic E-state index is 0.00998. The van der Waals surface area contributed by atoms with E-state index in [2.05, 4.69) is 10.5 Å². The molecule has 0 fully saturated rings. The van der Waals surface area contributed by atoms with Crippen molar-refractivity contribution >= 4 is 11.6 Å². The van der Waals surface area contributed by atoms with Gasteiger partial charge in [-0.2, -0.15) is 5.10 Å². The Balaban J connectivity index is 2.26. The summed E-state index contributed by atoms with van der Waals surface area (Å²) in [5, 5.41) is 12.9. The lowest BCUT2D eigenvalue weighted by Gasteiger charge is -2.08. The molecule has 0 aromatic heterocycles. The monoisotopic (exact) mass is 204 g/mol. The molecule has 0 saturated heterocycles. The minimum atomic E-state index is -0.322. The fourth-order valence-electron chi connectivity index (χ4n) is 1.67. The summed E-state index contributed by atoms with van der Waals surface area (Å²) in [7, 11) is 0. The van der Waals surface area contributed by atoms with Crippen molar-refractivity contribution < 1.29 is 9.90 Å². The third-order valence-corrected chi connectivity index (χ3v) is 2.42. The smallest absolute Gasteiger partial charge is 0.249 e. The van der Waals surface area contributed by atoms with Crippen LogP contribution >= 0.6 is 0 Å². The highest BCUT2D eigenvalue weighted by Crippen LogP contribution is 2.17. The summed E-state index contributed by atoms with van der Waals surface area (Å²) in [6, 6.07) is 9.52. The molecule has 15 heavy (non-hydrogen) atoms. The SMILES string of the molecule is O=C1NN=C(c2ccccc2)[C@@H]1CCO. The van der Waals surface area contributed by atoms with Crippen molar-refractivity contribution in [1.29, 1.82) is 0 Å². The Labute approximate surface area is 87.6 Å². The molecule has 0 unspecified atom stereocenters. The molecule has 1 aromatic rings. The van der Waals surface area contributed by atoms with Crippen LogP contribution in [0.1, 0.15) is 12.0 Å². The summed E-state index contributed by atoms with van der Waals surface area (Å²) < 4.78 is 0. The van der Waals surface area contributed by atoms with Crippen LogP contribution in [0.2, 0.25) is 0 Å². The second kappa shape index (κ2) is 4.23. The lowest BCUT2D eigenvalue weighted by atomic mass is 9.94. The van der Waals surface area contributed by atoms with Crippen molar-refractivity contribution in [3.8, 4) is 0 Å². The van der Waals surface area contributed by atoms with Gasteiger partial charge in [0.1, 0.15) is 0 Å². The minimum Gasteiger partial charge on any atom is -0.396 e. The normalized spacial score (nSPS) is 19.9. The van der Waals surface area contributed by atoms with Crippen LogP contribution in [0.4, 0.5) is 0 Å². The first-order valence-corrected chi connectivity index (χ1v) is 4.86. The number of carbonyl (C=O) groups is 1. The third kappa shape index (κ3) is 1.89. The van der Waals surface area contributed by atoms with Gasteiger partial charge in [0, 0.05) is 6.61 Å². The number of nitrogens with one attached hydrogen (secondary N) is 1. The summed E-state index contributed by atoms with van der Waals surface area (Å²) in [5.74, 6) is -0.458. The summed E-state index contributed by atoms with van der Waals surface area (Å²) >= 11 is 0. The van der Waals surface area contributed by atoms with Gasteiger partial charge in [0.25, 0.3) is 0 Å². The summed E-state index contributed by atoms with van der Waals surface area (Å²) in [4.78, 5) is 11.4. The molecule has 1 amide bonds. The molecule has 0 spiro atoms. The molecule has 4 heteroatoms. The van der Waals surface area contributed by atoms with Crippen molar-refractivity contribution in [2.75, 3.05) is 6.61 Å². The fourth-order valence-corrected chi connectivity index (χ4v) is 1.67. The van der Waals surface area contributed by atoms with Crippen LogP contribution in [0.5, 0.6) is 0 Å². The first kappa shape index (κ1) is 9.86. The average Bonchev–Trinajstić information content (AvgIpc) is 2.63. The molecule has 0 radical (unpaired) electrons. The molecule has 1 atom stereocenters. The number of hydrogen-bond acceptors (Lipinski definition) is 3. The second-order valence-corrected chi connectivity index (χ2v) is 3.40. The Morgan fingerprint density at radius 3 is 2.73 bits per heavy atom. The van der Waals surface area contributed by atoms with Crippen LogP contribution in [-0.4, -0.2) is 23.3 Å². The van der Waals surface area contributed by atoms with Crippen molar-refractivity contribution in [1.82, 2.24) is 5.43 Å². The topological polar surface area (TPSA) is 61.7 Å². The molecule has 1 aliphatic heterocycles. The summed E-state index contributed by atoms with van der Waals surface area (Å²) in [6.45, 7) is -0.00998. The zero-order valence-electron chi connectivity index (χ0n) is 8.18. The lowest BCUT2D eigenvalue weighted by Crippen LogP contribution is -2.24. The Bertz CT molecular complexity index is 387. The highest BCUT2D eigenvalue weighted by atomic mass is 16.3. The fraction of sp³-hybridized carbons (Fsp3) is 0.273. The van der Waals surface area contributed by atoms with E-state index in [1.165, 1.54) is 0 Å². The van der Waals surface area contributed by atoms with E-state index in [1.807, 2.05) is 30.3 Å². The number of carbonyl (C=O) groups excluding carboxylic acids is 1. The number of nitrogens with zero attached hydrogens (tertiary/aromatic N) is 1. The van der Waals surface area contributed by atoms with Gasteiger partial charge >= 0.3 is 0 Å². The standard InChI is InChI=1S/C11H12N2O2/c14-7-6-9-10(12-13-11(9)15)8-4-2-1-3-5-8/h1-5,9,14H,6-7H2,(H,13,15)/t9-/m0/s1. The number of hydrogen-bond donors (Lipinski definition) is 2. The molecule has 0 bridgehead atoms. The molecule has 1 heterocycles. The Morgan fingerprint density at radius 2 is 2.07 bits per heavy atom. The first-order chi connectivity index (χ1) is 7.33. The van der Waals surface area contributed by atoms with E-state index in [0.29, 0.717) is 6.42 Å². The maximum Gasteiger partial charge on any atom is 0.249 e. The van der Waals surface area contributed by atoms with E-state index < -0.39 is 0 Å². The van der Waals surface area contributed by atoms with Gasteiger partial charge in [-0.25, -0.2) is 5.43 Å². The van der Waals surface area contributed by atoms with Crippen LogP contribution in [0.25, 0.3) is 0 Å². The van der Waals surface area contributed by atoms with Crippen molar-refractivity contribution in [2.24, 2.45) is 11.0 Å². The first-order valence-electron chi connectivity index (χ1n) is 4.86. The zero-order valence-corrected chi connectivity index (χ0v) is 8.18. The van der Waals surface area contributed by atoms with Crippen molar-refractivity contribution in [3.63, 3.8) is 0 Å². The van der Waals surface area contributed by atoms with Crippen molar-refractivity contribution in [3.05, 3.63) is 35.9 Å². The van der Waals surface area contributed by atoms with E-state index in [4.69, 9.17) is 5.11 Å². The Morgan fingerprint density at radius 1 is 1.33 bits per heavy atom. The molecule has 2 rings (SSSR count). The van der Waals surface area contributed by atoms with E-state index in [1.54, 1.807) is 0 Å². The number of benzene rings is 1. The predicted molar refractivity (Wildman–Crippen MR) is 56.3 cm³/mol. The van der Waals surface area contributed by atoms with Gasteiger partial charge in [-0.1, -0.05) is 30.3 Å². The van der Waals surface area contributed by atoms with Crippen LogP contribution in [0.15, 0.2) is 35.4 Å². The Kier molecular flexibility index (Phi) is 2.78. The van der Waals surface area contributed by atoms with Gasteiger partial charge in [-0.05, 0) is 12.0 Å². The summed E-state index contributed by atoms with van der Waals surface area (Å²) in [5.41, 5.74) is 4.08. The quantitative estimate of drug-likeness (QED) is 0.754. The zero-order chi connectivity index (χ0) is 10.7. The molecule has 1 aromatic carbocycles. The molecule has 1 aliphatic rings. The molecular formula is C11H12N2O2. The van der Waals surface area contributed by atoms with Crippen LogP contribution < -0.4 is 5.43 Å². The van der Waals surface area contributed by atoms with E-state index in [-0.39, 0.29) is 18.4 Å². The molecule has 0 saturated carbocycles. The van der Waals surface area contributed by atoms with Gasteiger partial charge in [0.2, 0.25) is 5.91 Å². The van der Waals surface area contributed by atoms with E-state index in [9.17, 15) is 4.79 Å². The lowest BCUT2D eigenvalue weighted by molar-refractivity contribution is -0.122. The summed E-state index contributed by atoms with van der Waals surface area (Å²) in [6.07, 6.45) is 0.416. The number of amides is 1. The number of hydrazone groups is 1. The van der Waals surface area contributed by atoms with E-state index in [0.717, 1.165) is 11.3 Å². The molecular weight excluding hydrogens is 192 g/mol. The second-order valence-electron chi connectivity index (χ2n) is 3.40. The van der Waals surface area contributed by atoms with Gasteiger partial charge in [0.15, 0.2) is 0 Å². The number of rotatable bonds is 3.